The quantitative estimate of drug-likeness (QED) is 0.583. The summed E-state index contributed by atoms with van der Waals surface area (Å²) in [5, 5.41) is 2.53. The molecule has 11 heteroatoms. The van der Waals surface area contributed by atoms with Crippen molar-refractivity contribution in [2.24, 2.45) is 5.73 Å². The Bertz CT molecular complexity index is 1120. The molecule has 1 aliphatic rings. The maximum Gasteiger partial charge on any atom is 0.338 e. The average molecular weight is 461 g/mol. The number of nitrogens with two attached hydrogens (primary N) is 1. The number of carbonyl (C=O) groups is 3. The molecule has 1 saturated heterocycles. The number of benzene rings is 2. The number of nitrogens with one attached hydrogen (secondary N) is 1. The monoisotopic (exact) mass is 461 g/mol. The Morgan fingerprint density at radius 1 is 1.09 bits per heavy atom. The van der Waals surface area contributed by atoms with Crippen LogP contribution < -0.4 is 11.1 Å². The lowest BCUT2D eigenvalue weighted by Crippen LogP contribution is -2.40. The van der Waals surface area contributed by atoms with Gasteiger partial charge < -0.3 is 20.5 Å². The van der Waals surface area contributed by atoms with E-state index in [0.29, 0.717) is 24.5 Å². The van der Waals surface area contributed by atoms with Gasteiger partial charge in [-0.15, -0.1) is 0 Å². The number of morpholine rings is 1. The molecule has 170 valence electrons. The van der Waals surface area contributed by atoms with Crippen molar-refractivity contribution in [3.63, 3.8) is 0 Å². The number of primary amides is 1. The molecular weight excluding hydrogens is 438 g/mol. The van der Waals surface area contributed by atoms with E-state index in [1.54, 1.807) is 6.92 Å². The first-order valence-electron chi connectivity index (χ1n) is 9.74. The van der Waals surface area contributed by atoms with E-state index in [4.69, 9.17) is 15.2 Å². The van der Waals surface area contributed by atoms with E-state index < -0.39 is 34.4 Å². The number of esters is 1. The third-order valence-electron chi connectivity index (χ3n) is 4.82. The van der Waals surface area contributed by atoms with Crippen molar-refractivity contribution >= 4 is 33.5 Å². The van der Waals surface area contributed by atoms with Crippen LogP contribution in [0.15, 0.2) is 47.4 Å². The fourth-order valence-corrected chi connectivity index (χ4v) is 4.48. The van der Waals surface area contributed by atoms with Crippen molar-refractivity contribution in [1.29, 1.82) is 0 Å². The Balaban J connectivity index is 1.65. The maximum atomic E-state index is 12.8. The van der Waals surface area contributed by atoms with Gasteiger partial charge in [-0.1, -0.05) is 6.07 Å². The molecule has 2 aromatic rings. The number of sulfonamides is 1. The standard InChI is InChI=1S/C21H23N3O7S/c1-14-2-7-17(32(28,29)24-8-10-30-11-9-24)12-18(14)21(27)31-13-19(25)23-16-5-3-15(4-6-16)20(22)26/h2-7,12H,8-11,13H2,1H3,(H2,22,26)(H,23,25). The van der Waals surface area contributed by atoms with Crippen molar-refractivity contribution in [2.75, 3.05) is 38.2 Å². The minimum atomic E-state index is -3.78. The van der Waals surface area contributed by atoms with Crippen LogP contribution in [-0.2, 0) is 24.3 Å². The SMILES string of the molecule is Cc1ccc(S(=O)(=O)N2CCOCC2)cc1C(=O)OCC(=O)Nc1ccc(C(N)=O)cc1. The first-order valence-corrected chi connectivity index (χ1v) is 11.2. The minimum absolute atomic E-state index is 0.0315. The second kappa shape index (κ2) is 9.90. The molecule has 0 radical (unpaired) electrons. The van der Waals surface area contributed by atoms with Crippen LogP contribution >= 0.6 is 0 Å². The summed E-state index contributed by atoms with van der Waals surface area (Å²) >= 11 is 0. The predicted octanol–water partition coefficient (Wildman–Crippen LogP) is 0.910. The molecule has 1 fully saturated rings. The fourth-order valence-electron chi connectivity index (χ4n) is 3.04. The molecule has 0 unspecified atom stereocenters. The fraction of sp³-hybridized carbons (Fsp3) is 0.286. The number of hydrogen-bond acceptors (Lipinski definition) is 7. The highest BCUT2D eigenvalue weighted by Crippen LogP contribution is 2.21. The summed E-state index contributed by atoms with van der Waals surface area (Å²) in [6.45, 7) is 2.15. The van der Waals surface area contributed by atoms with Crippen molar-refractivity contribution in [3.05, 3.63) is 59.2 Å². The van der Waals surface area contributed by atoms with Gasteiger partial charge in [0.05, 0.1) is 23.7 Å². The van der Waals surface area contributed by atoms with Crippen LogP contribution in [0.4, 0.5) is 5.69 Å². The number of ether oxygens (including phenoxy) is 2. The van der Waals surface area contributed by atoms with Crippen LogP contribution in [0.2, 0.25) is 0 Å². The van der Waals surface area contributed by atoms with Gasteiger partial charge in [0.15, 0.2) is 6.61 Å². The van der Waals surface area contributed by atoms with Crippen molar-refractivity contribution < 1.29 is 32.3 Å². The molecule has 3 N–H and O–H groups in total. The van der Waals surface area contributed by atoms with Crippen LogP contribution in [0, 0.1) is 6.92 Å². The van der Waals surface area contributed by atoms with Gasteiger partial charge in [-0.25, -0.2) is 13.2 Å². The van der Waals surface area contributed by atoms with E-state index in [1.807, 2.05) is 0 Å². The predicted molar refractivity (Wildman–Crippen MR) is 115 cm³/mol. The summed E-state index contributed by atoms with van der Waals surface area (Å²) in [6.07, 6.45) is 0. The van der Waals surface area contributed by atoms with Crippen LogP contribution in [0.25, 0.3) is 0 Å². The van der Waals surface area contributed by atoms with E-state index in [-0.39, 0.29) is 29.1 Å². The van der Waals surface area contributed by atoms with Gasteiger partial charge in [0, 0.05) is 24.3 Å². The van der Waals surface area contributed by atoms with Crippen LogP contribution in [-0.4, -0.2) is 63.4 Å². The molecule has 0 bridgehead atoms. The first-order chi connectivity index (χ1) is 15.2. The van der Waals surface area contributed by atoms with Crippen LogP contribution in [0.1, 0.15) is 26.3 Å². The Kier molecular flexibility index (Phi) is 7.23. The Morgan fingerprint density at radius 2 is 1.75 bits per heavy atom. The largest absolute Gasteiger partial charge is 0.452 e. The van der Waals surface area contributed by atoms with Gasteiger partial charge in [0.25, 0.3) is 5.91 Å². The molecule has 32 heavy (non-hydrogen) atoms. The van der Waals surface area contributed by atoms with Gasteiger partial charge in [-0.05, 0) is 48.9 Å². The zero-order valence-corrected chi connectivity index (χ0v) is 18.2. The molecule has 10 nitrogen and oxygen atoms in total. The first kappa shape index (κ1) is 23.4. The summed E-state index contributed by atoms with van der Waals surface area (Å²) in [4.78, 5) is 35.7. The second-order valence-corrected chi connectivity index (χ2v) is 9.00. The number of anilines is 1. The Hall–Kier alpha value is -3.28. The molecular formula is C21H23N3O7S. The van der Waals surface area contributed by atoms with E-state index in [0.717, 1.165) is 0 Å². The number of hydrogen-bond donors (Lipinski definition) is 2. The summed E-state index contributed by atoms with van der Waals surface area (Å²) in [5.41, 5.74) is 6.41. The summed E-state index contributed by atoms with van der Waals surface area (Å²) in [7, 11) is -3.78. The number of rotatable bonds is 7. The lowest BCUT2D eigenvalue weighted by molar-refractivity contribution is -0.119. The van der Waals surface area contributed by atoms with E-state index in [9.17, 15) is 22.8 Å². The van der Waals surface area contributed by atoms with E-state index in [2.05, 4.69) is 5.32 Å². The molecule has 0 atom stereocenters. The van der Waals surface area contributed by atoms with Crippen molar-refractivity contribution in [3.8, 4) is 0 Å². The van der Waals surface area contributed by atoms with Crippen LogP contribution in [0.5, 0.6) is 0 Å². The van der Waals surface area contributed by atoms with Crippen molar-refractivity contribution in [1.82, 2.24) is 4.31 Å². The Morgan fingerprint density at radius 3 is 2.38 bits per heavy atom. The van der Waals surface area contributed by atoms with Gasteiger partial charge in [-0.3, -0.25) is 9.59 Å². The summed E-state index contributed by atoms with van der Waals surface area (Å²) in [6, 6.07) is 10.1. The van der Waals surface area contributed by atoms with Gasteiger partial charge in [-0.2, -0.15) is 4.31 Å². The highest BCUT2D eigenvalue weighted by Gasteiger charge is 2.27. The molecule has 1 aliphatic heterocycles. The summed E-state index contributed by atoms with van der Waals surface area (Å²) in [5.74, 6) is -2.01. The maximum absolute atomic E-state index is 12.8. The molecule has 1 heterocycles. The minimum Gasteiger partial charge on any atom is -0.452 e. The lowest BCUT2D eigenvalue weighted by atomic mass is 10.1. The third-order valence-corrected chi connectivity index (χ3v) is 6.72. The highest BCUT2D eigenvalue weighted by molar-refractivity contribution is 7.89. The topological polar surface area (TPSA) is 145 Å². The molecule has 2 amide bonds. The summed E-state index contributed by atoms with van der Waals surface area (Å²) < 4.78 is 37.2. The zero-order chi connectivity index (χ0) is 23.3. The smallest absolute Gasteiger partial charge is 0.338 e. The molecule has 0 aliphatic carbocycles. The normalized spacial score (nSPS) is 14.5. The molecule has 0 aromatic heterocycles. The average Bonchev–Trinajstić information content (AvgIpc) is 2.78. The molecule has 0 spiro atoms. The number of aryl methyl sites for hydroxylation is 1. The lowest BCUT2D eigenvalue weighted by Gasteiger charge is -2.26. The van der Waals surface area contributed by atoms with E-state index in [1.165, 1.54) is 46.8 Å². The van der Waals surface area contributed by atoms with Crippen molar-refractivity contribution in [2.45, 2.75) is 11.8 Å². The number of carbonyl (C=O) groups excluding carboxylic acids is 3. The van der Waals surface area contributed by atoms with Gasteiger partial charge in [0.1, 0.15) is 0 Å². The molecule has 3 rings (SSSR count). The highest BCUT2D eigenvalue weighted by atomic mass is 32.2. The van der Waals surface area contributed by atoms with Gasteiger partial charge in [0.2, 0.25) is 15.9 Å². The molecule has 0 saturated carbocycles. The second-order valence-electron chi connectivity index (χ2n) is 7.06. The van der Waals surface area contributed by atoms with E-state index >= 15 is 0 Å². The Labute approximate surface area is 185 Å². The third kappa shape index (κ3) is 5.49. The zero-order valence-electron chi connectivity index (χ0n) is 17.4. The van der Waals surface area contributed by atoms with Crippen LogP contribution in [0.3, 0.4) is 0 Å². The molecule has 2 aromatic carbocycles. The number of nitrogens with zero attached hydrogens (tertiary/aromatic N) is 1. The number of amides is 2. The van der Waals surface area contributed by atoms with Gasteiger partial charge >= 0.3 is 5.97 Å².